The average molecular weight is 220 g/mol. The molecule has 0 radical (unpaired) electrons. The van der Waals surface area contributed by atoms with Crippen molar-refractivity contribution < 1.29 is 4.79 Å². The maximum absolute atomic E-state index is 10.8. The van der Waals surface area contributed by atoms with Crippen molar-refractivity contribution in [3.63, 3.8) is 0 Å². The van der Waals surface area contributed by atoms with E-state index in [0.29, 0.717) is 0 Å². The van der Waals surface area contributed by atoms with Crippen LogP contribution in [0.15, 0.2) is 30.6 Å². The molecule has 0 spiro atoms. The highest BCUT2D eigenvalue weighted by Gasteiger charge is 2.03. The van der Waals surface area contributed by atoms with E-state index in [2.05, 4.69) is 9.38 Å². The quantitative estimate of drug-likeness (QED) is 0.795. The molecule has 0 aliphatic heterocycles. The molecule has 2 aromatic heterocycles. The topological polar surface area (TPSA) is 34.4 Å². The Labute approximate surface area is 92.5 Å². The van der Waals surface area contributed by atoms with Gasteiger partial charge in [0.05, 0.1) is 11.7 Å². The number of aryl methyl sites for hydroxylation is 1. The smallest absolute Gasteiger partial charge is 0.185 e. The lowest BCUT2D eigenvalue weighted by Gasteiger charge is -1.99. The summed E-state index contributed by atoms with van der Waals surface area (Å²) in [6.45, 7) is 1.59. The Morgan fingerprint density at radius 3 is 3.20 bits per heavy atom. The second kappa shape index (κ2) is 4.49. The fraction of sp³-hybridized carbons (Fsp3) is 0.273. The highest BCUT2D eigenvalue weighted by molar-refractivity contribution is 8.13. The minimum absolute atomic E-state index is 0.163. The number of rotatable bonds is 3. The highest BCUT2D eigenvalue weighted by Crippen LogP contribution is 2.09. The molecule has 15 heavy (non-hydrogen) atoms. The molecule has 0 saturated carbocycles. The van der Waals surface area contributed by atoms with Gasteiger partial charge in [-0.05, 0) is 12.1 Å². The van der Waals surface area contributed by atoms with Gasteiger partial charge >= 0.3 is 0 Å². The second-order valence-electron chi connectivity index (χ2n) is 3.26. The summed E-state index contributed by atoms with van der Waals surface area (Å²) in [5.74, 6) is 1.81. The zero-order valence-electron chi connectivity index (χ0n) is 8.51. The zero-order valence-corrected chi connectivity index (χ0v) is 9.33. The van der Waals surface area contributed by atoms with Gasteiger partial charge in [-0.15, -0.1) is 0 Å². The van der Waals surface area contributed by atoms with Crippen LogP contribution in [0.4, 0.5) is 0 Å². The van der Waals surface area contributed by atoms with E-state index in [1.807, 2.05) is 30.6 Å². The zero-order chi connectivity index (χ0) is 10.7. The summed E-state index contributed by atoms with van der Waals surface area (Å²) in [5, 5.41) is 0.163. The number of hydrogen-bond donors (Lipinski definition) is 0. The van der Waals surface area contributed by atoms with Crippen LogP contribution < -0.4 is 0 Å². The van der Waals surface area contributed by atoms with E-state index < -0.39 is 0 Å². The van der Waals surface area contributed by atoms with Crippen molar-refractivity contribution in [2.75, 3.05) is 5.75 Å². The van der Waals surface area contributed by atoms with Crippen LogP contribution in [0.2, 0.25) is 0 Å². The van der Waals surface area contributed by atoms with Crippen molar-refractivity contribution in [3.05, 3.63) is 36.4 Å². The van der Waals surface area contributed by atoms with Gasteiger partial charge in [0.15, 0.2) is 5.12 Å². The third kappa shape index (κ3) is 2.39. The minimum Gasteiger partial charge on any atom is -0.304 e. The summed E-state index contributed by atoms with van der Waals surface area (Å²) in [7, 11) is 0. The predicted octanol–water partition coefficient (Wildman–Crippen LogP) is 2.16. The molecule has 0 aliphatic rings. The second-order valence-corrected chi connectivity index (χ2v) is 4.53. The molecular weight excluding hydrogens is 208 g/mol. The number of thioether (sulfide) groups is 1. The largest absolute Gasteiger partial charge is 0.304 e. The van der Waals surface area contributed by atoms with Crippen molar-refractivity contribution in [1.82, 2.24) is 9.38 Å². The van der Waals surface area contributed by atoms with E-state index >= 15 is 0 Å². The summed E-state index contributed by atoms with van der Waals surface area (Å²) in [4.78, 5) is 15.1. The first kappa shape index (κ1) is 10.2. The Bertz CT molecular complexity index is 478. The number of hydrogen-bond acceptors (Lipinski definition) is 3. The van der Waals surface area contributed by atoms with Gasteiger partial charge in [0.1, 0.15) is 5.82 Å². The lowest BCUT2D eigenvalue weighted by Crippen LogP contribution is -1.97. The summed E-state index contributed by atoms with van der Waals surface area (Å²) >= 11 is 1.35. The fourth-order valence-electron chi connectivity index (χ4n) is 1.47. The first-order chi connectivity index (χ1) is 7.27. The van der Waals surface area contributed by atoms with Crippen LogP contribution in [-0.2, 0) is 11.2 Å². The van der Waals surface area contributed by atoms with Crippen LogP contribution in [0, 0.1) is 0 Å². The number of fused-ring (bicyclic) bond motifs is 1. The summed E-state index contributed by atoms with van der Waals surface area (Å²) in [6, 6.07) is 6.00. The molecule has 0 fully saturated rings. The van der Waals surface area contributed by atoms with Gasteiger partial charge in [0.25, 0.3) is 0 Å². The van der Waals surface area contributed by atoms with E-state index in [0.717, 1.165) is 23.5 Å². The van der Waals surface area contributed by atoms with Crippen LogP contribution >= 0.6 is 11.8 Å². The number of carbonyl (C=O) groups is 1. The van der Waals surface area contributed by atoms with Crippen LogP contribution in [0.25, 0.3) is 5.52 Å². The number of carbonyl (C=O) groups excluding carboxylic acids is 1. The SMILES string of the molecule is CC(=O)SCCc1ncc2ccccn12. The van der Waals surface area contributed by atoms with Gasteiger partial charge < -0.3 is 4.40 Å². The van der Waals surface area contributed by atoms with Gasteiger partial charge in [0.2, 0.25) is 0 Å². The standard InChI is InChI=1S/C11H12N2OS/c1-9(14)15-7-5-11-12-8-10-4-2-3-6-13(10)11/h2-4,6,8H,5,7H2,1H3. The van der Waals surface area contributed by atoms with E-state index in [4.69, 9.17) is 0 Å². The maximum atomic E-state index is 10.8. The van der Waals surface area contributed by atoms with Gasteiger partial charge in [-0.1, -0.05) is 17.8 Å². The first-order valence-electron chi connectivity index (χ1n) is 4.82. The Balaban J connectivity index is 2.11. The van der Waals surface area contributed by atoms with Crippen LogP contribution in [0.3, 0.4) is 0 Å². The molecule has 4 heteroatoms. The molecule has 0 aromatic carbocycles. The lowest BCUT2D eigenvalue weighted by atomic mass is 10.4. The number of pyridine rings is 1. The van der Waals surface area contributed by atoms with E-state index in [9.17, 15) is 4.79 Å². The molecule has 0 saturated heterocycles. The molecule has 0 atom stereocenters. The molecule has 0 bridgehead atoms. The van der Waals surface area contributed by atoms with Crippen LogP contribution in [0.1, 0.15) is 12.7 Å². The van der Waals surface area contributed by atoms with Crippen molar-refractivity contribution in [2.24, 2.45) is 0 Å². The fourth-order valence-corrected chi connectivity index (χ4v) is 2.04. The van der Waals surface area contributed by atoms with Crippen molar-refractivity contribution >= 4 is 22.4 Å². The molecule has 0 N–H and O–H groups in total. The lowest BCUT2D eigenvalue weighted by molar-refractivity contribution is -0.109. The van der Waals surface area contributed by atoms with E-state index in [-0.39, 0.29) is 5.12 Å². The van der Waals surface area contributed by atoms with Gasteiger partial charge in [0, 0.05) is 25.3 Å². The molecule has 2 aromatic rings. The van der Waals surface area contributed by atoms with E-state index in [1.165, 1.54) is 11.8 Å². The normalized spacial score (nSPS) is 10.7. The Hall–Kier alpha value is -1.29. The monoisotopic (exact) mass is 220 g/mol. The van der Waals surface area contributed by atoms with Crippen LogP contribution in [0.5, 0.6) is 0 Å². The van der Waals surface area contributed by atoms with Gasteiger partial charge in [-0.2, -0.15) is 0 Å². The Morgan fingerprint density at radius 1 is 1.53 bits per heavy atom. The van der Waals surface area contributed by atoms with Gasteiger partial charge in [-0.3, -0.25) is 4.79 Å². The molecule has 2 heterocycles. The predicted molar refractivity (Wildman–Crippen MR) is 62.0 cm³/mol. The summed E-state index contributed by atoms with van der Waals surface area (Å²) < 4.78 is 2.06. The maximum Gasteiger partial charge on any atom is 0.185 e. The van der Waals surface area contributed by atoms with E-state index in [1.54, 1.807) is 6.92 Å². The van der Waals surface area contributed by atoms with Crippen molar-refractivity contribution in [1.29, 1.82) is 0 Å². The molecule has 78 valence electrons. The molecule has 0 unspecified atom stereocenters. The molecular formula is C11H12N2OS. The summed E-state index contributed by atoms with van der Waals surface area (Å²) in [6.07, 6.45) is 4.67. The Morgan fingerprint density at radius 2 is 2.40 bits per heavy atom. The Kier molecular flexibility index (Phi) is 3.06. The van der Waals surface area contributed by atoms with Gasteiger partial charge in [-0.25, -0.2) is 4.98 Å². The third-order valence-electron chi connectivity index (χ3n) is 2.15. The third-order valence-corrected chi connectivity index (χ3v) is 2.96. The first-order valence-corrected chi connectivity index (χ1v) is 5.80. The number of nitrogens with zero attached hydrogens (tertiary/aromatic N) is 2. The number of imidazole rings is 1. The molecule has 2 rings (SSSR count). The average Bonchev–Trinajstić information content (AvgIpc) is 2.62. The molecule has 0 amide bonds. The number of aromatic nitrogens is 2. The minimum atomic E-state index is 0.163. The van der Waals surface area contributed by atoms with Crippen molar-refractivity contribution in [2.45, 2.75) is 13.3 Å². The molecule has 0 aliphatic carbocycles. The van der Waals surface area contributed by atoms with Crippen molar-refractivity contribution in [3.8, 4) is 0 Å². The van der Waals surface area contributed by atoms with Crippen LogP contribution in [-0.4, -0.2) is 20.3 Å². The summed E-state index contributed by atoms with van der Waals surface area (Å²) in [5.41, 5.74) is 1.10. The highest BCUT2D eigenvalue weighted by atomic mass is 32.2. The molecule has 3 nitrogen and oxygen atoms in total.